The van der Waals surface area contributed by atoms with Crippen molar-refractivity contribution in [2.24, 2.45) is 5.92 Å². The summed E-state index contributed by atoms with van der Waals surface area (Å²) in [7, 11) is 1.68. The van der Waals surface area contributed by atoms with E-state index in [1.807, 2.05) is 45.2 Å². The highest BCUT2D eigenvalue weighted by molar-refractivity contribution is 5.71. The molecule has 0 saturated heterocycles. The van der Waals surface area contributed by atoms with E-state index in [2.05, 4.69) is 42.5 Å². The maximum absolute atomic E-state index is 12.6. The van der Waals surface area contributed by atoms with Crippen molar-refractivity contribution >= 4 is 6.09 Å². The highest BCUT2D eigenvalue weighted by atomic mass is 16.6. The third-order valence-corrected chi connectivity index (χ3v) is 5.72. The number of hydrogen-bond acceptors (Lipinski definition) is 3. The Morgan fingerprint density at radius 1 is 1.07 bits per heavy atom. The summed E-state index contributed by atoms with van der Waals surface area (Å²) < 4.78 is 10.9. The molecule has 1 saturated carbocycles. The van der Waals surface area contributed by atoms with Gasteiger partial charge < -0.3 is 9.47 Å². The van der Waals surface area contributed by atoms with Gasteiger partial charge in [0, 0.05) is 24.1 Å². The van der Waals surface area contributed by atoms with Gasteiger partial charge >= 0.3 is 6.09 Å². The van der Waals surface area contributed by atoms with Gasteiger partial charge in [-0.1, -0.05) is 48.5 Å². The van der Waals surface area contributed by atoms with Crippen molar-refractivity contribution in [2.45, 2.75) is 37.7 Å². The Morgan fingerprint density at radius 3 is 2.36 bits per heavy atom. The van der Waals surface area contributed by atoms with Crippen LogP contribution in [0.2, 0.25) is 0 Å². The lowest BCUT2D eigenvalue weighted by Crippen LogP contribution is -2.37. The predicted molar refractivity (Wildman–Crippen MR) is 109 cm³/mol. The number of ether oxygens (including phenoxy) is 2. The van der Waals surface area contributed by atoms with Crippen LogP contribution in [0.1, 0.15) is 37.8 Å². The van der Waals surface area contributed by atoms with E-state index < -0.39 is 5.60 Å². The summed E-state index contributed by atoms with van der Waals surface area (Å²) in [6.45, 7) is 6.33. The molecule has 0 bridgehead atoms. The summed E-state index contributed by atoms with van der Waals surface area (Å²) >= 11 is 0. The molecule has 4 rings (SSSR count). The highest BCUT2D eigenvalue weighted by Crippen LogP contribution is 2.68. The van der Waals surface area contributed by atoms with Crippen LogP contribution in [0.4, 0.5) is 4.79 Å². The number of hydrogen-bond donors (Lipinski definition) is 0. The number of carbonyl (C=O) groups is 1. The van der Waals surface area contributed by atoms with Crippen LogP contribution in [0.25, 0.3) is 0 Å². The fraction of sp³-hybridized carbons (Fsp3) is 0.375. The molecule has 1 aliphatic carbocycles. The van der Waals surface area contributed by atoms with Crippen molar-refractivity contribution < 1.29 is 14.3 Å². The Balaban J connectivity index is 1.67. The summed E-state index contributed by atoms with van der Waals surface area (Å²) in [5.41, 5.74) is 1.97. The first kappa shape index (κ1) is 18.6. The molecule has 1 amide bonds. The number of carbonyl (C=O) groups excluding carboxylic acids is 1. The summed E-state index contributed by atoms with van der Waals surface area (Å²) in [5.74, 6) is 1.51. The van der Waals surface area contributed by atoms with Crippen LogP contribution in [0, 0.1) is 5.92 Å². The van der Waals surface area contributed by atoms with E-state index >= 15 is 0 Å². The SMILES string of the molecule is COc1ccc([C@]23C=CN(C(=O)OC(C)(C)C)C[C@H]2[C@@H]3c2ccccc2)cc1. The molecule has 146 valence electrons. The van der Waals surface area contributed by atoms with Gasteiger partial charge in [-0.25, -0.2) is 4.79 Å². The summed E-state index contributed by atoms with van der Waals surface area (Å²) in [5, 5.41) is 0. The van der Waals surface area contributed by atoms with Gasteiger partial charge in [-0.2, -0.15) is 0 Å². The zero-order chi connectivity index (χ0) is 19.9. The zero-order valence-corrected chi connectivity index (χ0v) is 16.9. The lowest BCUT2D eigenvalue weighted by atomic mass is 9.88. The van der Waals surface area contributed by atoms with E-state index in [-0.39, 0.29) is 11.5 Å². The number of amides is 1. The molecule has 28 heavy (non-hydrogen) atoms. The monoisotopic (exact) mass is 377 g/mol. The smallest absolute Gasteiger partial charge is 0.414 e. The van der Waals surface area contributed by atoms with E-state index in [1.54, 1.807) is 12.0 Å². The van der Waals surface area contributed by atoms with Gasteiger partial charge in [0.05, 0.1) is 7.11 Å². The van der Waals surface area contributed by atoms with Crippen molar-refractivity contribution in [2.75, 3.05) is 13.7 Å². The van der Waals surface area contributed by atoms with Gasteiger partial charge in [-0.05, 0) is 49.9 Å². The van der Waals surface area contributed by atoms with Crippen molar-refractivity contribution in [3.8, 4) is 5.75 Å². The first-order valence-electron chi connectivity index (χ1n) is 9.73. The minimum absolute atomic E-state index is 0.0911. The van der Waals surface area contributed by atoms with Gasteiger partial charge in [0.15, 0.2) is 0 Å². The molecule has 0 unspecified atom stereocenters. The molecular weight excluding hydrogens is 350 g/mol. The van der Waals surface area contributed by atoms with Gasteiger partial charge in [0.25, 0.3) is 0 Å². The second kappa shape index (κ2) is 6.69. The molecule has 2 aliphatic rings. The topological polar surface area (TPSA) is 38.8 Å². The molecule has 3 atom stereocenters. The van der Waals surface area contributed by atoms with Gasteiger partial charge in [-0.3, -0.25) is 4.90 Å². The summed E-state index contributed by atoms with van der Waals surface area (Å²) in [6, 6.07) is 18.9. The quantitative estimate of drug-likeness (QED) is 0.746. The Bertz CT molecular complexity index is 882. The van der Waals surface area contributed by atoms with Crippen LogP contribution in [0.3, 0.4) is 0 Å². The number of fused-ring (bicyclic) bond motifs is 1. The predicted octanol–water partition coefficient (Wildman–Crippen LogP) is 5.11. The van der Waals surface area contributed by atoms with Crippen LogP contribution in [0.15, 0.2) is 66.9 Å². The minimum Gasteiger partial charge on any atom is -0.497 e. The molecule has 1 heterocycles. The lowest BCUT2D eigenvalue weighted by molar-refractivity contribution is 0.0318. The van der Waals surface area contributed by atoms with Crippen molar-refractivity contribution in [1.29, 1.82) is 0 Å². The summed E-state index contributed by atoms with van der Waals surface area (Å²) in [4.78, 5) is 14.3. The third-order valence-electron chi connectivity index (χ3n) is 5.72. The van der Waals surface area contributed by atoms with Crippen LogP contribution in [0.5, 0.6) is 5.75 Å². The second-order valence-corrected chi connectivity index (χ2v) is 8.60. The Labute approximate surface area is 166 Å². The number of benzene rings is 2. The Kier molecular flexibility index (Phi) is 4.45. The molecule has 4 heteroatoms. The largest absolute Gasteiger partial charge is 0.497 e. The van der Waals surface area contributed by atoms with Crippen molar-refractivity contribution in [3.63, 3.8) is 0 Å². The maximum Gasteiger partial charge on any atom is 0.414 e. The molecule has 1 fully saturated rings. The van der Waals surface area contributed by atoms with Gasteiger partial charge in [0.1, 0.15) is 11.4 Å². The molecule has 0 N–H and O–H groups in total. The number of methoxy groups -OCH3 is 1. The third kappa shape index (κ3) is 3.17. The molecule has 2 aromatic carbocycles. The molecule has 0 aromatic heterocycles. The average molecular weight is 377 g/mol. The molecule has 0 spiro atoms. The first-order valence-corrected chi connectivity index (χ1v) is 9.73. The standard InChI is InChI=1S/C24H27NO3/c1-23(2,3)28-22(26)25-15-14-24(18-10-12-19(27-4)13-11-18)20(16-25)21(24)17-8-6-5-7-9-17/h5-15,20-21H,16H2,1-4H3/t20-,21-,24+/m0/s1. The normalized spacial score (nSPS) is 25.8. The molecular formula is C24H27NO3. The number of allylic oxidation sites excluding steroid dienone is 1. The Morgan fingerprint density at radius 2 is 1.75 bits per heavy atom. The molecule has 4 nitrogen and oxygen atoms in total. The molecule has 2 aromatic rings. The van der Waals surface area contributed by atoms with Gasteiger partial charge in [-0.15, -0.1) is 0 Å². The van der Waals surface area contributed by atoms with Crippen molar-refractivity contribution in [1.82, 2.24) is 4.90 Å². The fourth-order valence-electron chi connectivity index (χ4n) is 4.45. The molecule has 1 aliphatic heterocycles. The van der Waals surface area contributed by atoms with Crippen LogP contribution < -0.4 is 4.74 Å². The number of nitrogens with zero attached hydrogens (tertiary/aromatic N) is 1. The first-order chi connectivity index (χ1) is 13.3. The van der Waals surface area contributed by atoms with Gasteiger partial charge in [0.2, 0.25) is 0 Å². The minimum atomic E-state index is -0.502. The van der Waals surface area contributed by atoms with E-state index in [4.69, 9.17) is 9.47 Å². The zero-order valence-electron chi connectivity index (χ0n) is 16.9. The van der Waals surface area contributed by atoms with E-state index in [0.29, 0.717) is 18.4 Å². The maximum atomic E-state index is 12.6. The Hall–Kier alpha value is -2.75. The second-order valence-electron chi connectivity index (χ2n) is 8.60. The van der Waals surface area contributed by atoms with Crippen LogP contribution in [-0.4, -0.2) is 30.2 Å². The fourth-order valence-corrected chi connectivity index (χ4v) is 4.45. The molecule has 0 radical (unpaired) electrons. The summed E-state index contributed by atoms with van der Waals surface area (Å²) in [6.07, 6.45) is 3.80. The highest BCUT2D eigenvalue weighted by Gasteiger charge is 2.66. The van der Waals surface area contributed by atoms with Crippen LogP contribution >= 0.6 is 0 Å². The average Bonchev–Trinajstić information content (AvgIpc) is 3.36. The lowest BCUT2D eigenvalue weighted by Gasteiger charge is -2.29. The van der Waals surface area contributed by atoms with Crippen LogP contribution in [-0.2, 0) is 10.2 Å². The van der Waals surface area contributed by atoms with E-state index in [1.165, 1.54) is 11.1 Å². The van der Waals surface area contributed by atoms with E-state index in [9.17, 15) is 4.79 Å². The van der Waals surface area contributed by atoms with Crippen molar-refractivity contribution in [3.05, 3.63) is 78.0 Å². The number of rotatable bonds is 3. The van der Waals surface area contributed by atoms with E-state index in [0.717, 1.165) is 5.75 Å².